The number of ketones is 1. The molecule has 0 aliphatic carbocycles. The molecule has 0 saturated carbocycles. The highest BCUT2D eigenvalue weighted by molar-refractivity contribution is 7.12. The van der Waals surface area contributed by atoms with Crippen molar-refractivity contribution in [3.8, 4) is 17.2 Å². The summed E-state index contributed by atoms with van der Waals surface area (Å²) in [6.45, 7) is 0. The molecule has 0 bridgehead atoms. The van der Waals surface area contributed by atoms with Gasteiger partial charge in [-0.2, -0.15) is 0 Å². The van der Waals surface area contributed by atoms with E-state index in [0.717, 1.165) is 0 Å². The average Bonchev–Trinajstić information content (AvgIpc) is 2.95. The quantitative estimate of drug-likeness (QED) is 0.677. The number of rotatable bonds is 5. The summed E-state index contributed by atoms with van der Waals surface area (Å²) in [5.41, 5.74) is 6.60. The molecular weight excluding hydrogens is 278 g/mol. The Hall–Kier alpha value is -2.21. The second-order valence-electron chi connectivity index (χ2n) is 3.94. The van der Waals surface area contributed by atoms with Crippen molar-refractivity contribution in [3.05, 3.63) is 34.0 Å². The van der Waals surface area contributed by atoms with Gasteiger partial charge in [-0.05, 0) is 17.5 Å². The van der Waals surface area contributed by atoms with Gasteiger partial charge in [0.1, 0.15) is 22.1 Å². The number of hydrogen-bond donors (Lipinski definition) is 1. The Morgan fingerprint density at radius 2 is 1.80 bits per heavy atom. The molecule has 0 aliphatic heterocycles. The molecule has 0 aliphatic rings. The number of carbonyl (C=O) groups is 1. The fraction of sp³-hybridized carbons (Fsp3) is 0.214. The lowest BCUT2D eigenvalue weighted by molar-refractivity contribution is 0.104. The molecule has 0 saturated heterocycles. The summed E-state index contributed by atoms with van der Waals surface area (Å²) >= 11 is 1.30. The molecule has 0 atom stereocenters. The summed E-state index contributed by atoms with van der Waals surface area (Å²) in [6.07, 6.45) is 0. The zero-order chi connectivity index (χ0) is 14.7. The van der Waals surface area contributed by atoms with Crippen LogP contribution in [0.25, 0.3) is 0 Å². The lowest BCUT2D eigenvalue weighted by Gasteiger charge is -2.12. The van der Waals surface area contributed by atoms with E-state index in [-0.39, 0.29) is 11.5 Å². The Labute approximate surface area is 120 Å². The molecule has 1 aromatic heterocycles. The third-order valence-electron chi connectivity index (χ3n) is 2.87. The van der Waals surface area contributed by atoms with Gasteiger partial charge in [0.05, 0.1) is 32.6 Å². The van der Waals surface area contributed by atoms with Gasteiger partial charge in [-0.25, -0.2) is 0 Å². The van der Waals surface area contributed by atoms with Crippen molar-refractivity contribution in [3.63, 3.8) is 0 Å². The van der Waals surface area contributed by atoms with Crippen molar-refractivity contribution in [2.75, 3.05) is 27.1 Å². The molecule has 2 rings (SSSR count). The van der Waals surface area contributed by atoms with Crippen LogP contribution in [0.4, 0.5) is 5.69 Å². The van der Waals surface area contributed by atoms with E-state index in [1.807, 2.05) is 0 Å². The number of benzene rings is 1. The molecule has 0 amide bonds. The van der Waals surface area contributed by atoms with Crippen LogP contribution in [0.2, 0.25) is 0 Å². The van der Waals surface area contributed by atoms with Crippen LogP contribution in [0.1, 0.15) is 15.2 Å². The molecule has 1 heterocycles. The molecule has 5 nitrogen and oxygen atoms in total. The van der Waals surface area contributed by atoms with Gasteiger partial charge in [-0.3, -0.25) is 4.79 Å². The number of nitrogen functional groups attached to an aromatic ring is 1. The van der Waals surface area contributed by atoms with E-state index in [4.69, 9.17) is 19.9 Å². The molecule has 20 heavy (non-hydrogen) atoms. The first-order valence-electron chi connectivity index (χ1n) is 5.80. The molecule has 0 spiro atoms. The minimum absolute atomic E-state index is 0.216. The third-order valence-corrected chi connectivity index (χ3v) is 3.77. The van der Waals surface area contributed by atoms with Crippen LogP contribution in [0.3, 0.4) is 0 Å². The van der Waals surface area contributed by atoms with E-state index in [1.165, 1.54) is 32.7 Å². The standard InChI is InChI=1S/C14H15NO4S/c1-17-8-6-9(12(15)11(7-8)19-3)13(16)14-10(18-2)4-5-20-14/h4-7H,15H2,1-3H3. The first-order chi connectivity index (χ1) is 9.62. The van der Waals surface area contributed by atoms with Gasteiger partial charge in [0.25, 0.3) is 0 Å². The Bertz CT molecular complexity index is 636. The molecule has 2 N–H and O–H groups in total. The van der Waals surface area contributed by atoms with Gasteiger partial charge in [-0.1, -0.05) is 0 Å². The summed E-state index contributed by atoms with van der Waals surface area (Å²) in [6, 6.07) is 4.97. The zero-order valence-corrected chi connectivity index (χ0v) is 12.2. The number of methoxy groups -OCH3 is 3. The van der Waals surface area contributed by atoms with Gasteiger partial charge < -0.3 is 19.9 Å². The summed E-state index contributed by atoms with van der Waals surface area (Å²) in [5, 5.41) is 1.79. The average molecular weight is 293 g/mol. The van der Waals surface area contributed by atoms with Crippen molar-refractivity contribution in [2.24, 2.45) is 0 Å². The van der Waals surface area contributed by atoms with Gasteiger partial charge in [-0.15, -0.1) is 11.3 Å². The Kier molecular flexibility index (Phi) is 4.14. The third kappa shape index (κ3) is 2.42. The van der Waals surface area contributed by atoms with E-state index < -0.39 is 0 Å². The van der Waals surface area contributed by atoms with Crippen LogP contribution in [0, 0.1) is 0 Å². The van der Waals surface area contributed by atoms with Crippen LogP contribution < -0.4 is 19.9 Å². The molecule has 1 aromatic carbocycles. The fourth-order valence-corrected chi connectivity index (χ4v) is 2.63. The van der Waals surface area contributed by atoms with E-state index in [0.29, 0.717) is 27.7 Å². The van der Waals surface area contributed by atoms with E-state index in [1.54, 1.807) is 23.6 Å². The van der Waals surface area contributed by atoms with Crippen molar-refractivity contribution in [1.82, 2.24) is 0 Å². The van der Waals surface area contributed by atoms with Crippen molar-refractivity contribution < 1.29 is 19.0 Å². The number of nitrogens with two attached hydrogens (primary N) is 1. The number of anilines is 1. The van der Waals surface area contributed by atoms with Crippen molar-refractivity contribution in [1.29, 1.82) is 0 Å². The predicted octanol–water partition coefficient (Wildman–Crippen LogP) is 2.59. The monoisotopic (exact) mass is 293 g/mol. The van der Waals surface area contributed by atoms with Crippen LogP contribution in [-0.2, 0) is 0 Å². The van der Waals surface area contributed by atoms with Crippen LogP contribution in [-0.4, -0.2) is 27.1 Å². The lowest BCUT2D eigenvalue weighted by Crippen LogP contribution is -2.07. The molecule has 0 fully saturated rings. The predicted molar refractivity (Wildman–Crippen MR) is 78.3 cm³/mol. The maximum Gasteiger partial charge on any atom is 0.209 e. The normalized spacial score (nSPS) is 10.2. The molecule has 0 radical (unpaired) electrons. The highest BCUT2D eigenvalue weighted by atomic mass is 32.1. The first kappa shape index (κ1) is 14.2. The summed E-state index contributed by atoms with van der Waals surface area (Å²) in [4.78, 5) is 13.1. The second-order valence-corrected chi connectivity index (χ2v) is 4.85. The highest BCUT2D eigenvalue weighted by Crippen LogP contribution is 2.35. The first-order valence-corrected chi connectivity index (χ1v) is 6.68. The topological polar surface area (TPSA) is 70.8 Å². The molecule has 6 heteroatoms. The molecule has 2 aromatic rings. The molecular formula is C14H15NO4S. The van der Waals surface area contributed by atoms with Crippen molar-refractivity contribution >= 4 is 22.8 Å². The zero-order valence-electron chi connectivity index (χ0n) is 11.4. The van der Waals surface area contributed by atoms with Gasteiger partial charge in [0, 0.05) is 6.07 Å². The number of ether oxygens (including phenoxy) is 3. The Morgan fingerprint density at radius 1 is 1.10 bits per heavy atom. The summed E-state index contributed by atoms with van der Waals surface area (Å²) in [7, 11) is 4.53. The van der Waals surface area contributed by atoms with Crippen molar-refractivity contribution in [2.45, 2.75) is 0 Å². The van der Waals surface area contributed by atoms with E-state index >= 15 is 0 Å². The number of hydrogen-bond acceptors (Lipinski definition) is 6. The minimum atomic E-state index is -0.216. The Morgan fingerprint density at radius 3 is 2.40 bits per heavy atom. The van der Waals surface area contributed by atoms with Crippen LogP contribution in [0.15, 0.2) is 23.6 Å². The highest BCUT2D eigenvalue weighted by Gasteiger charge is 2.21. The SMILES string of the molecule is COc1cc(OC)c(N)c(C(=O)c2sccc2OC)c1. The lowest BCUT2D eigenvalue weighted by atomic mass is 10.1. The number of thiophene rings is 1. The summed E-state index contributed by atoms with van der Waals surface area (Å²) in [5.74, 6) is 1.23. The van der Waals surface area contributed by atoms with Gasteiger partial charge >= 0.3 is 0 Å². The smallest absolute Gasteiger partial charge is 0.209 e. The second kappa shape index (κ2) is 5.83. The fourth-order valence-electron chi connectivity index (χ4n) is 1.82. The van der Waals surface area contributed by atoms with E-state index in [9.17, 15) is 4.79 Å². The van der Waals surface area contributed by atoms with Crippen LogP contribution >= 0.6 is 11.3 Å². The maximum atomic E-state index is 12.6. The largest absolute Gasteiger partial charge is 0.497 e. The van der Waals surface area contributed by atoms with Crippen LogP contribution in [0.5, 0.6) is 17.2 Å². The van der Waals surface area contributed by atoms with Gasteiger partial charge in [0.15, 0.2) is 0 Å². The summed E-state index contributed by atoms with van der Waals surface area (Å²) < 4.78 is 15.5. The molecule has 106 valence electrons. The maximum absolute atomic E-state index is 12.6. The minimum Gasteiger partial charge on any atom is -0.497 e. The van der Waals surface area contributed by atoms with Gasteiger partial charge in [0.2, 0.25) is 5.78 Å². The number of carbonyl (C=O) groups excluding carboxylic acids is 1. The van der Waals surface area contributed by atoms with E-state index in [2.05, 4.69) is 0 Å². The molecule has 0 unspecified atom stereocenters. The Balaban J connectivity index is 2.54.